The summed E-state index contributed by atoms with van der Waals surface area (Å²) in [4.78, 5) is 22.7. The highest BCUT2D eigenvalue weighted by Crippen LogP contribution is 2.45. The molecule has 5 nitrogen and oxygen atoms in total. The quantitative estimate of drug-likeness (QED) is 0.639. The second kappa shape index (κ2) is 9.19. The molecule has 32 heavy (non-hydrogen) atoms. The van der Waals surface area contributed by atoms with Gasteiger partial charge in [0.25, 0.3) is 0 Å². The van der Waals surface area contributed by atoms with E-state index in [0.717, 1.165) is 51.6 Å². The Morgan fingerprint density at radius 1 is 1.06 bits per heavy atom. The minimum atomic E-state index is -4.56. The van der Waals surface area contributed by atoms with Crippen molar-refractivity contribution in [3.8, 4) is 0 Å². The molecular weight excluding hydrogens is 417 g/mol. The van der Waals surface area contributed by atoms with Crippen molar-refractivity contribution in [3.05, 3.63) is 59.8 Å². The van der Waals surface area contributed by atoms with Crippen LogP contribution < -0.4 is 4.90 Å². The predicted molar refractivity (Wildman–Crippen MR) is 117 cm³/mol. The fourth-order valence-electron chi connectivity index (χ4n) is 4.54. The maximum absolute atomic E-state index is 13.6. The Labute approximate surface area is 186 Å². The number of benzene rings is 1. The van der Waals surface area contributed by atoms with Gasteiger partial charge in [-0.3, -0.25) is 19.5 Å². The van der Waals surface area contributed by atoms with Crippen molar-refractivity contribution in [2.24, 2.45) is 0 Å². The molecule has 2 heterocycles. The van der Waals surface area contributed by atoms with Crippen molar-refractivity contribution in [2.75, 3.05) is 37.6 Å². The first-order chi connectivity index (χ1) is 15.3. The van der Waals surface area contributed by atoms with Crippen molar-refractivity contribution in [3.63, 3.8) is 0 Å². The normalized spacial score (nSPS) is 19.0. The second-order valence-corrected chi connectivity index (χ2v) is 8.68. The van der Waals surface area contributed by atoms with Crippen LogP contribution in [0.3, 0.4) is 0 Å². The van der Waals surface area contributed by atoms with Crippen LogP contribution in [0.2, 0.25) is 0 Å². The molecule has 1 saturated heterocycles. The topological polar surface area (TPSA) is 39.7 Å². The number of hydrogen-bond donors (Lipinski definition) is 0. The Kier molecular flexibility index (Phi) is 6.53. The van der Waals surface area contributed by atoms with Gasteiger partial charge in [0, 0.05) is 57.4 Å². The van der Waals surface area contributed by atoms with E-state index in [9.17, 15) is 18.0 Å². The summed E-state index contributed by atoms with van der Waals surface area (Å²) in [5, 5.41) is 0. The number of alkyl halides is 3. The molecule has 4 rings (SSSR count). The second-order valence-electron chi connectivity index (χ2n) is 8.68. The van der Waals surface area contributed by atoms with Gasteiger partial charge in [-0.25, -0.2) is 4.98 Å². The third-order valence-electron chi connectivity index (χ3n) is 6.52. The molecular formula is C24H29F3N4O. The zero-order chi connectivity index (χ0) is 22.8. The van der Waals surface area contributed by atoms with Crippen molar-refractivity contribution in [2.45, 2.75) is 44.4 Å². The number of halogens is 3. The molecule has 1 aliphatic heterocycles. The Balaban J connectivity index is 1.47. The first-order valence-electron chi connectivity index (χ1n) is 11.2. The summed E-state index contributed by atoms with van der Waals surface area (Å²) >= 11 is 0. The molecule has 1 aliphatic carbocycles. The van der Waals surface area contributed by atoms with Crippen LogP contribution in [0.1, 0.15) is 37.3 Å². The van der Waals surface area contributed by atoms with Crippen LogP contribution in [0.25, 0.3) is 0 Å². The monoisotopic (exact) mass is 446 g/mol. The Hall–Kier alpha value is -2.45. The molecule has 2 aliphatic rings. The van der Waals surface area contributed by atoms with Crippen LogP contribution in [-0.2, 0) is 17.5 Å². The Morgan fingerprint density at radius 3 is 2.34 bits per heavy atom. The van der Waals surface area contributed by atoms with E-state index in [1.54, 1.807) is 6.92 Å². The van der Waals surface area contributed by atoms with Gasteiger partial charge in [-0.2, -0.15) is 13.2 Å². The molecule has 0 atom stereocenters. The summed E-state index contributed by atoms with van der Waals surface area (Å²) in [6.45, 7) is 6.30. The molecule has 1 amide bonds. The molecule has 0 unspecified atom stereocenters. The largest absolute Gasteiger partial charge is 0.419 e. The molecule has 8 heteroatoms. The third kappa shape index (κ3) is 4.96. The van der Waals surface area contributed by atoms with Crippen LogP contribution in [-0.4, -0.2) is 59.0 Å². The smallest absolute Gasteiger partial charge is 0.297 e. The Morgan fingerprint density at radius 2 is 1.75 bits per heavy atom. The van der Waals surface area contributed by atoms with Gasteiger partial charge in [0.05, 0.1) is 5.56 Å². The number of hydrogen-bond acceptors (Lipinski definition) is 4. The Bertz CT molecular complexity index is 922. The molecule has 1 aromatic heterocycles. The minimum absolute atomic E-state index is 0.134. The van der Waals surface area contributed by atoms with Crippen LogP contribution in [0.15, 0.2) is 48.7 Å². The van der Waals surface area contributed by atoms with Crippen LogP contribution >= 0.6 is 0 Å². The van der Waals surface area contributed by atoms with Gasteiger partial charge in [-0.1, -0.05) is 37.3 Å². The highest BCUT2D eigenvalue weighted by atomic mass is 19.4. The number of anilines is 1. The average molecular weight is 447 g/mol. The lowest BCUT2D eigenvalue weighted by Crippen LogP contribution is -2.55. The third-order valence-corrected chi connectivity index (χ3v) is 6.52. The predicted octanol–water partition coefficient (Wildman–Crippen LogP) is 4.19. The fourth-order valence-corrected chi connectivity index (χ4v) is 4.54. The molecule has 0 bridgehead atoms. The summed E-state index contributed by atoms with van der Waals surface area (Å²) in [6.07, 6.45) is -1.34. The van der Waals surface area contributed by atoms with Crippen LogP contribution in [0, 0.1) is 0 Å². The highest BCUT2D eigenvalue weighted by molar-refractivity contribution is 5.93. The number of nitrogens with zero attached hydrogens (tertiary/aromatic N) is 4. The molecule has 2 aromatic rings. The summed E-state index contributed by atoms with van der Waals surface area (Å²) < 4.78 is 40.8. The number of pyridine rings is 1. The number of piperazine rings is 1. The molecule has 172 valence electrons. The van der Waals surface area contributed by atoms with Gasteiger partial charge in [0.1, 0.15) is 5.82 Å². The first-order valence-corrected chi connectivity index (χ1v) is 11.2. The molecule has 1 aromatic carbocycles. The lowest BCUT2D eigenvalue weighted by molar-refractivity contribution is -0.137. The maximum Gasteiger partial charge on any atom is 0.419 e. The number of aromatic nitrogens is 1. The van der Waals surface area contributed by atoms with Crippen molar-refractivity contribution in [1.82, 2.24) is 14.8 Å². The van der Waals surface area contributed by atoms with E-state index in [2.05, 4.69) is 26.9 Å². The number of carbonyl (C=O) groups is 1. The molecule has 1 saturated carbocycles. The van der Waals surface area contributed by atoms with Gasteiger partial charge >= 0.3 is 6.18 Å². The minimum Gasteiger partial charge on any atom is -0.297 e. The van der Waals surface area contributed by atoms with Crippen molar-refractivity contribution < 1.29 is 18.0 Å². The summed E-state index contributed by atoms with van der Waals surface area (Å²) in [7, 11) is 0. The maximum atomic E-state index is 13.6. The van der Waals surface area contributed by atoms with E-state index < -0.39 is 11.7 Å². The number of rotatable bonds is 7. The molecule has 0 N–H and O–H groups in total. The fraction of sp³-hybridized carbons (Fsp3) is 0.500. The number of amides is 1. The first kappa shape index (κ1) is 22.7. The van der Waals surface area contributed by atoms with Gasteiger partial charge in [-0.15, -0.1) is 0 Å². The van der Waals surface area contributed by atoms with Crippen molar-refractivity contribution in [1.29, 1.82) is 0 Å². The zero-order valence-corrected chi connectivity index (χ0v) is 18.3. The van der Waals surface area contributed by atoms with E-state index in [-0.39, 0.29) is 30.2 Å². The van der Waals surface area contributed by atoms with Crippen LogP contribution in [0.5, 0.6) is 0 Å². The van der Waals surface area contributed by atoms with E-state index in [1.807, 2.05) is 18.2 Å². The summed E-state index contributed by atoms with van der Waals surface area (Å²) in [6, 6.07) is 12.6. The summed E-state index contributed by atoms with van der Waals surface area (Å²) in [5.74, 6) is -0.607. The highest BCUT2D eigenvalue weighted by Gasteiger charge is 2.51. The van der Waals surface area contributed by atoms with E-state index in [4.69, 9.17) is 0 Å². The van der Waals surface area contributed by atoms with E-state index in [0.29, 0.717) is 0 Å². The van der Waals surface area contributed by atoms with E-state index >= 15 is 0 Å². The molecule has 2 fully saturated rings. The SMILES string of the molecule is CCC(=O)N(CC1(N2CCN(Cc3ccccc3)CC2)CC1)c1ncccc1C(F)(F)F. The van der Waals surface area contributed by atoms with Crippen molar-refractivity contribution >= 4 is 11.7 Å². The van der Waals surface area contributed by atoms with Gasteiger partial charge in [0.15, 0.2) is 0 Å². The average Bonchev–Trinajstić information content (AvgIpc) is 3.58. The molecule has 0 radical (unpaired) electrons. The van der Waals surface area contributed by atoms with Crippen LogP contribution in [0.4, 0.5) is 19.0 Å². The number of carbonyl (C=O) groups excluding carboxylic acids is 1. The molecule has 0 spiro atoms. The summed E-state index contributed by atoms with van der Waals surface area (Å²) in [5.41, 5.74) is 0.159. The standard InChI is InChI=1S/C24H29F3N4O/c1-2-21(32)31(22-20(24(25,26)27)9-6-12-28-22)18-23(10-11-23)30-15-13-29(14-16-30)17-19-7-4-3-5-8-19/h3-9,12H,2,10-11,13-18H2,1H3. The van der Waals surface area contributed by atoms with Gasteiger partial charge in [0.2, 0.25) is 5.91 Å². The van der Waals surface area contributed by atoms with Gasteiger partial charge < -0.3 is 0 Å². The zero-order valence-electron chi connectivity index (χ0n) is 18.3. The van der Waals surface area contributed by atoms with E-state index in [1.165, 1.54) is 22.7 Å². The lowest BCUT2D eigenvalue weighted by atomic mass is 10.1. The lowest BCUT2D eigenvalue weighted by Gasteiger charge is -2.41. The van der Waals surface area contributed by atoms with Gasteiger partial charge in [-0.05, 0) is 30.5 Å².